The van der Waals surface area contributed by atoms with Crippen LogP contribution in [0.4, 0.5) is 0 Å². The van der Waals surface area contributed by atoms with Gasteiger partial charge in [-0.05, 0) is 69.6 Å². The molecule has 1 atom stereocenters. The molecular formula is C22H39N5O. The second-order valence-corrected chi connectivity index (χ2v) is 7.74. The molecule has 1 heterocycles. The molecular weight excluding hydrogens is 350 g/mol. The second-order valence-electron chi connectivity index (χ2n) is 7.74. The summed E-state index contributed by atoms with van der Waals surface area (Å²) in [5.74, 6) is 2.31. The van der Waals surface area contributed by atoms with Gasteiger partial charge in [-0.2, -0.15) is 0 Å². The zero-order chi connectivity index (χ0) is 20.2. The summed E-state index contributed by atoms with van der Waals surface area (Å²) in [5, 5.41) is 6.89. The fraction of sp³-hybridized carbons (Fsp3) is 0.682. The summed E-state index contributed by atoms with van der Waals surface area (Å²) in [5.41, 5.74) is 1.34. The van der Waals surface area contributed by atoms with E-state index >= 15 is 0 Å². The number of methoxy groups -OCH3 is 1. The van der Waals surface area contributed by atoms with Gasteiger partial charge in [0.2, 0.25) is 0 Å². The van der Waals surface area contributed by atoms with Gasteiger partial charge in [-0.15, -0.1) is 0 Å². The van der Waals surface area contributed by atoms with Crippen LogP contribution in [0.25, 0.3) is 0 Å². The molecule has 0 spiro atoms. The molecule has 1 fully saturated rings. The van der Waals surface area contributed by atoms with E-state index < -0.39 is 0 Å². The number of benzene rings is 1. The third kappa shape index (κ3) is 8.07. The van der Waals surface area contributed by atoms with E-state index in [-0.39, 0.29) is 0 Å². The maximum Gasteiger partial charge on any atom is 0.190 e. The highest BCUT2D eigenvalue weighted by atomic mass is 16.5. The van der Waals surface area contributed by atoms with Crippen LogP contribution in [-0.4, -0.2) is 82.8 Å². The highest BCUT2D eigenvalue weighted by Crippen LogP contribution is 2.21. The van der Waals surface area contributed by atoms with Gasteiger partial charge in [-0.3, -0.25) is 4.99 Å². The van der Waals surface area contributed by atoms with Crippen LogP contribution >= 0.6 is 0 Å². The first-order valence-electron chi connectivity index (χ1n) is 10.6. The van der Waals surface area contributed by atoms with Crippen molar-refractivity contribution in [3.05, 3.63) is 29.8 Å². The molecule has 158 valence electrons. The second kappa shape index (κ2) is 12.6. The molecule has 0 radical (unpaired) electrons. The van der Waals surface area contributed by atoms with E-state index in [9.17, 15) is 0 Å². The average Bonchev–Trinajstić information content (AvgIpc) is 2.93. The first-order valence-corrected chi connectivity index (χ1v) is 10.6. The number of aliphatic imine (C=N–C) groups is 1. The Morgan fingerprint density at radius 1 is 1.11 bits per heavy atom. The lowest BCUT2D eigenvalue weighted by atomic mass is 9.98. The molecule has 1 aliphatic rings. The minimum atomic E-state index is 0.498. The molecule has 0 aliphatic carbocycles. The molecule has 2 N–H and O–H groups in total. The van der Waals surface area contributed by atoms with E-state index in [0.29, 0.717) is 5.92 Å². The summed E-state index contributed by atoms with van der Waals surface area (Å²) in [6.45, 7) is 10.1. The SMILES string of the molecule is CN=C(NCCCN1CCCN(C)CC1)NCCC(C)c1ccc(OC)cc1. The third-order valence-corrected chi connectivity index (χ3v) is 5.53. The number of hydrogen-bond donors (Lipinski definition) is 2. The fourth-order valence-electron chi connectivity index (χ4n) is 3.56. The summed E-state index contributed by atoms with van der Waals surface area (Å²) < 4.78 is 5.23. The Bertz CT molecular complexity index is 575. The van der Waals surface area contributed by atoms with E-state index in [1.54, 1.807) is 7.11 Å². The van der Waals surface area contributed by atoms with Crippen LogP contribution in [0.2, 0.25) is 0 Å². The van der Waals surface area contributed by atoms with E-state index in [1.807, 2.05) is 19.2 Å². The van der Waals surface area contributed by atoms with Crippen LogP contribution in [0.5, 0.6) is 5.75 Å². The maximum absolute atomic E-state index is 5.23. The third-order valence-electron chi connectivity index (χ3n) is 5.53. The largest absolute Gasteiger partial charge is 0.497 e. The number of rotatable bonds is 9. The van der Waals surface area contributed by atoms with Gasteiger partial charge in [0.25, 0.3) is 0 Å². The van der Waals surface area contributed by atoms with Gasteiger partial charge >= 0.3 is 0 Å². The standard InChI is InChI=1S/C22H39N5O/c1-19(20-7-9-21(28-4)10-8-20)11-13-25-22(23-2)24-12-5-15-27-16-6-14-26(3)17-18-27/h7-10,19H,5-6,11-18H2,1-4H3,(H2,23,24,25). The first kappa shape index (κ1) is 22.5. The number of nitrogens with zero attached hydrogens (tertiary/aromatic N) is 3. The topological polar surface area (TPSA) is 52.1 Å². The van der Waals surface area contributed by atoms with Gasteiger partial charge in [0, 0.05) is 33.2 Å². The lowest BCUT2D eigenvalue weighted by Gasteiger charge is -2.20. The highest BCUT2D eigenvalue weighted by Gasteiger charge is 2.11. The van der Waals surface area contributed by atoms with Crippen molar-refractivity contribution in [2.45, 2.75) is 32.1 Å². The van der Waals surface area contributed by atoms with Gasteiger partial charge in [0.1, 0.15) is 5.75 Å². The van der Waals surface area contributed by atoms with Gasteiger partial charge in [-0.25, -0.2) is 0 Å². The van der Waals surface area contributed by atoms with Gasteiger partial charge in [0.15, 0.2) is 5.96 Å². The molecule has 1 aromatic rings. The Labute approximate surface area is 171 Å². The van der Waals surface area contributed by atoms with Crippen LogP contribution < -0.4 is 15.4 Å². The normalized spacial score (nSPS) is 17.8. The number of hydrogen-bond acceptors (Lipinski definition) is 4. The molecule has 2 rings (SSSR count). The minimum absolute atomic E-state index is 0.498. The summed E-state index contributed by atoms with van der Waals surface area (Å²) in [7, 11) is 5.76. The van der Waals surface area contributed by atoms with E-state index in [0.717, 1.165) is 44.2 Å². The highest BCUT2D eigenvalue weighted by molar-refractivity contribution is 5.79. The number of guanidine groups is 1. The molecule has 0 bridgehead atoms. The average molecular weight is 390 g/mol. The Morgan fingerprint density at radius 2 is 1.86 bits per heavy atom. The van der Waals surface area contributed by atoms with Crippen molar-refractivity contribution in [2.75, 3.05) is 67.0 Å². The monoisotopic (exact) mass is 389 g/mol. The molecule has 6 heteroatoms. The van der Waals surface area contributed by atoms with Crippen molar-refractivity contribution in [3.63, 3.8) is 0 Å². The van der Waals surface area contributed by atoms with Crippen molar-refractivity contribution in [1.82, 2.24) is 20.4 Å². The zero-order valence-corrected chi connectivity index (χ0v) is 18.2. The molecule has 0 amide bonds. The molecule has 0 aromatic heterocycles. The maximum atomic E-state index is 5.23. The van der Waals surface area contributed by atoms with Gasteiger partial charge in [-0.1, -0.05) is 19.1 Å². The molecule has 28 heavy (non-hydrogen) atoms. The fourth-order valence-corrected chi connectivity index (χ4v) is 3.56. The Balaban J connectivity index is 1.60. The van der Waals surface area contributed by atoms with Crippen molar-refractivity contribution >= 4 is 5.96 Å². The predicted octanol–water partition coefficient (Wildman–Crippen LogP) is 2.38. The molecule has 1 unspecified atom stereocenters. The van der Waals surface area contributed by atoms with Crippen molar-refractivity contribution in [2.24, 2.45) is 4.99 Å². The lowest BCUT2D eigenvalue weighted by Crippen LogP contribution is -2.39. The summed E-state index contributed by atoms with van der Waals surface area (Å²) in [6.07, 6.45) is 3.49. The van der Waals surface area contributed by atoms with Crippen LogP contribution in [0.1, 0.15) is 37.7 Å². The van der Waals surface area contributed by atoms with Crippen LogP contribution in [0, 0.1) is 0 Å². The Kier molecular flexibility index (Phi) is 10.1. The summed E-state index contributed by atoms with van der Waals surface area (Å²) in [6, 6.07) is 8.36. The first-order chi connectivity index (χ1) is 13.6. The van der Waals surface area contributed by atoms with E-state index in [2.05, 4.69) is 51.5 Å². The Morgan fingerprint density at radius 3 is 2.57 bits per heavy atom. The lowest BCUT2D eigenvalue weighted by molar-refractivity contribution is 0.274. The molecule has 1 aromatic carbocycles. The van der Waals surface area contributed by atoms with Crippen molar-refractivity contribution < 1.29 is 4.74 Å². The van der Waals surface area contributed by atoms with Crippen LogP contribution in [0.3, 0.4) is 0 Å². The molecule has 6 nitrogen and oxygen atoms in total. The van der Waals surface area contributed by atoms with Gasteiger partial charge < -0.3 is 25.2 Å². The molecule has 0 saturated carbocycles. The van der Waals surface area contributed by atoms with E-state index in [4.69, 9.17) is 4.74 Å². The van der Waals surface area contributed by atoms with E-state index in [1.165, 1.54) is 38.2 Å². The zero-order valence-electron chi connectivity index (χ0n) is 18.2. The number of likely N-dealkylation sites (N-methyl/N-ethyl adjacent to an activating group) is 1. The van der Waals surface area contributed by atoms with Crippen molar-refractivity contribution in [1.29, 1.82) is 0 Å². The van der Waals surface area contributed by atoms with Crippen molar-refractivity contribution in [3.8, 4) is 5.75 Å². The molecule has 1 saturated heterocycles. The minimum Gasteiger partial charge on any atom is -0.497 e. The number of nitrogens with one attached hydrogen (secondary N) is 2. The number of ether oxygens (including phenoxy) is 1. The van der Waals surface area contributed by atoms with Gasteiger partial charge in [0.05, 0.1) is 7.11 Å². The smallest absolute Gasteiger partial charge is 0.190 e. The Hall–Kier alpha value is -1.79. The quantitative estimate of drug-likeness (QED) is 0.386. The molecule has 1 aliphatic heterocycles. The van der Waals surface area contributed by atoms with Crippen LogP contribution in [-0.2, 0) is 0 Å². The summed E-state index contributed by atoms with van der Waals surface area (Å²) >= 11 is 0. The predicted molar refractivity (Wildman–Crippen MR) is 119 cm³/mol. The van der Waals surface area contributed by atoms with Crippen LogP contribution in [0.15, 0.2) is 29.3 Å². The summed E-state index contributed by atoms with van der Waals surface area (Å²) in [4.78, 5) is 9.36.